The number of primary amides is 1. The van der Waals surface area contributed by atoms with Crippen LogP contribution >= 0.6 is 0 Å². The minimum absolute atomic E-state index is 0.0901. The SMILES string of the molecule is NC(=O)C1CC2CC2N1C(=O)Cc1cn[nH]n1. The first-order chi connectivity index (χ1) is 8.16. The molecule has 3 atom stereocenters. The maximum atomic E-state index is 12.1. The minimum Gasteiger partial charge on any atom is -0.368 e. The molecule has 1 aliphatic carbocycles. The predicted molar refractivity (Wildman–Crippen MR) is 56.4 cm³/mol. The van der Waals surface area contributed by atoms with Gasteiger partial charge in [-0.3, -0.25) is 9.59 Å². The van der Waals surface area contributed by atoms with Gasteiger partial charge in [0.2, 0.25) is 11.8 Å². The highest BCUT2D eigenvalue weighted by Crippen LogP contribution is 2.47. The summed E-state index contributed by atoms with van der Waals surface area (Å²) >= 11 is 0. The molecule has 0 aromatic carbocycles. The number of nitrogens with zero attached hydrogens (tertiary/aromatic N) is 3. The van der Waals surface area contributed by atoms with Gasteiger partial charge in [-0.15, -0.1) is 0 Å². The lowest BCUT2D eigenvalue weighted by Crippen LogP contribution is -2.46. The number of amides is 2. The number of nitrogens with two attached hydrogens (primary N) is 1. The van der Waals surface area contributed by atoms with E-state index in [1.807, 2.05) is 0 Å². The molecule has 3 unspecified atom stereocenters. The van der Waals surface area contributed by atoms with E-state index in [1.54, 1.807) is 4.90 Å². The van der Waals surface area contributed by atoms with Crippen molar-refractivity contribution < 1.29 is 9.59 Å². The van der Waals surface area contributed by atoms with E-state index in [9.17, 15) is 9.59 Å². The largest absolute Gasteiger partial charge is 0.368 e. The number of nitrogens with one attached hydrogen (secondary N) is 1. The van der Waals surface area contributed by atoms with Gasteiger partial charge in [-0.2, -0.15) is 15.4 Å². The summed E-state index contributed by atoms with van der Waals surface area (Å²) in [5.74, 6) is -0.0350. The van der Waals surface area contributed by atoms with Gasteiger partial charge in [0, 0.05) is 6.04 Å². The molecule has 2 aliphatic rings. The predicted octanol–water partition coefficient (Wildman–Crippen LogP) is -1.18. The Morgan fingerprint density at radius 2 is 2.35 bits per heavy atom. The molecule has 2 amide bonds. The summed E-state index contributed by atoms with van der Waals surface area (Å²) in [6, 6.07) is -0.218. The van der Waals surface area contributed by atoms with Gasteiger partial charge in [0.1, 0.15) is 6.04 Å². The topological polar surface area (TPSA) is 105 Å². The molecule has 1 aliphatic heterocycles. The molecule has 0 spiro atoms. The average molecular weight is 235 g/mol. The third kappa shape index (κ3) is 1.67. The maximum absolute atomic E-state index is 12.1. The lowest BCUT2D eigenvalue weighted by molar-refractivity contribution is -0.138. The number of aromatic amines is 1. The summed E-state index contributed by atoms with van der Waals surface area (Å²) in [6.45, 7) is 0. The number of H-pyrrole nitrogens is 1. The molecule has 1 aromatic rings. The van der Waals surface area contributed by atoms with Crippen LogP contribution in [0.2, 0.25) is 0 Å². The molecule has 1 aromatic heterocycles. The molecule has 0 radical (unpaired) electrons. The molecule has 1 saturated carbocycles. The van der Waals surface area contributed by atoms with E-state index in [2.05, 4.69) is 15.4 Å². The Labute approximate surface area is 97.3 Å². The van der Waals surface area contributed by atoms with Crippen LogP contribution < -0.4 is 5.73 Å². The number of aromatic nitrogens is 3. The maximum Gasteiger partial charge on any atom is 0.240 e. The van der Waals surface area contributed by atoms with Crippen molar-refractivity contribution in [2.24, 2.45) is 11.7 Å². The molecule has 3 N–H and O–H groups in total. The van der Waals surface area contributed by atoms with Crippen LogP contribution in [0.15, 0.2) is 6.20 Å². The molecule has 1 saturated heterocycles. The van der Waals surface area contributed by atoms with Crippen molar-refractivity contribution in [1.29, 1.82) is 0 Å². The third-order valence-electron chi connectivity index (χ3n) is 3.52. The number of hydrogen-bond acceptors (Lipinski definition) is 4. The molecule has 3 rings (SSSR count). The van der Waals surface area contributed by atoms with Crippen LogP contribution in [0.3, 0.4) is 0 Å². The highest BCUT2D eigenvalue weighted by atomic mass is 16.2. The van der Waals surface area contributed by atoms with Gasteiger partial charge in [0.15, 0.2) is 0 Å². The fourth-order valence-electron chi connectivity index (χ4n) is 2.63. The van der Waals surface area contributed by atoms with Gasteiger partial charge in [0.05, 0.1) is 18.3 Å². The Kier molecular flexibility index (Phi) is 2.13. The second-order valence-electron chi connectivity index (χ2n) is 4.66. The van der Waals surface area contributed by atoms with Gasteiger partial charge in [0.25, 0.3) is 0 Å². The number of fused-ring (bicyclic) bond motifs is 1. The van der Waals surface area contributed by atoms with E-state index in [-0.39, 0.29) is 18.4 Å². The normalized spacial score (nSPS) is 30.1. The molecular formula is C10H13N5O2. The average Bonchev–Trinajstić information content (AvgIpc) is 2.75. The summed E-state index contributed by atoms with van der Waals surface area (Å²) in [5.41, 5.74) is 5.90. The quantitative estimate of drug-likeness (QED) is 0.688. The highest BCUT2D eigenvalue weighted by Gasteiger charge is 2.55. The van der Waals surface area contributed by atoms with E-state index in [4.69, 9.17) is 5.73 Å². The van der Waals surface area contributed by atoms with Crippen LogP contribution in [-0.2, 0) is 16.0 Å². The molecule has 0 bridgehead atoms. The monoisotopic (exact) mass is 235 g/mol. The summed E-state index contributed by atoms with van der Waals surface area (Å²) < 4.78 is 0. The van der Waals surface area contributed by atoms with Crippen LogP contribution in [-0.4, -0.2) is 44.2 Å². The van der Waals surface area contributed by atoms with Crippen molar-refractivity contribution in [3.8, 4) is 0 Å². The summed E-state index contributed by atoms with van der Waals surface area (Å²) in [5, 5.41) is 9.94. The van der Waals surface area contributed by atoms with E-state index in [0.29, 0.717) is 18.0 Å². The number of carbonyl (C=O) groups is 2. The molecule has 2 fully saturated rings. The first-order valence-electron chi connectivity index (χ1n) is 5.62. The van der Waals surface area contributed by atoms with E-state index < -0.39 is 11.9 Å². The first-order valence-corrected chi connectivity index (χ1v) is 5.62. The van der Waals surface area contributed by atoms with Gasteiger partial charge in [-0.25, -0.2) is 0 Å². The Bertz CT molecular complexity index is 457. The Hall–Kier alpha value is -1.92. The van der Waals surface area contributed by atoms with Crippen LogP contribution in [0.5, 0.6) is 0 Å². The van der Waals surface area contributed by atoms with Gasteiger partial charge >= 0.3 is 0 Å². The minimum atomic E-state index is -0.432. The van der Waals surface area contributed by atoms with Gasteiger partial charge in [-0.05, 0) is 18.8 Å². The smallest absolute Gasteiger partial charge is 0.240 e. The van der Waals surface area contributed by atoms with Crippen molar-refractivity contribution in [2.75, 3.05) is 0 Å². The third-order valence-corrected chi connectivity index (χ3v) is 3.52. The number of rotatable bonds is 3. The highest BCUT2D eigenvalue weighted by molar-refractivity contribution is 5.88. The van der Waals surface area contributed by atoms with Crippen molar-refractivity contribution in [2.45, 2.75) is 31.3 Å². The summed E-state index contributed by atoms with van der Waals surface area (Å²) in [7, 11) is 0. The molecule has 2 heterocycles. The van der Waals surface area contributed by atoms with Gasteiger partial charge in [-0.1, -0.05) is 0 Å². The first kappa shape index (κ1) is 10.2. The number of carbonyl (C=O) groups excluding carboxylic acids is 2. The van der Waals surface area contributed by atoms with E-state index in [1.165, 1.54) is 6.20 Å². The van der Waals surface area contributed by atoms with Crippen LogP contribution in [0, 0.1) is 5.92 Å². The summed E-state index contributed by atoms with van der Waals surface area (Å²) in [6.07, 6.45) is 3.39. The van der Waals surface area contributed by atoms with Crippen LogP contribution in [0.1, 0.15) is 18.5 Å². The van der Waals surface area contributed by atoms with Crippen molar-refractivity contribution in [1.82, 2.24) is 20.3 Å². The zero-order valence-electron chi connectivity index (χ0n) is 9.17. The lowest BCUT2D eigenvalue weighted by atomic mass is 10.1. The van der Waals surface area contributed by atoms with Gasteiger partial charge < -0.3 is 10.6 Å². The Morgan fingerprint density at radius 1 is 1.53 bits per heavy atom. The number of hydrogen-bond donors (Lipinski definition) is 2. The fourth-order valence-corrected chi connectivity index (χ4v) is 2.63. The lowest BCUT2D eigenvalue weighted by Gasteiger charge is -2.24. The second kappa shape index (κ2) is 3.54. The van der Waals surface area contributed by atoms with Crippen molar-refractivity contribution in [3.05, 3.63) is 11.9 Å². The molecule has 7 nitrogen and oxygen atoms in total. The van der Waals surface area contributed by atoms with Crippen molar-refractivity contribution >= 4 is 11.8 Å². The van der Waals surface area contributed by atoms with Crippen LogP contribution in [0.25, 0.3) is 0 Å². The van der Waals surface area contributed by atoms with Crippen LogP contribution in [0.4, 0.5) is 0 Å². The second-order valence-corrected chi connectivity index (χ2v) is 4.66. The van der Waals surface area contributed by atoms with E-state index >= 15 is 0 Å². The van der Waals surface area contributed by atoms with Crippen molar-refractivity contribution in [3.63, 3.8) is 0 Å². The zero-order valence-corrected chi connectivity index (χ0v) is 9.17. The fraction of sp³-hybridized carbons (Fsp3) is 0.600. The Morgan fingerprint density at radius 3 is 3.00 bits per heavy atom. The number of likely N-dealkylation sites (tertiary alicyclic amines) is 1. The molecule has 90 valence electrons. The Balaban J connectivity index is 1.74. The molecule has 17 heavy (non-hydrogen) atoms. The number of piperidine rings is 1. The molecule has 7 heteroatoms. The van der Waals surface area contributed by atoms with E-state index in [0.717, 1.165) is 6.42 Å². The standard InChI is InChI=1S/C10H13N5O2/c11-10(17)8-2-5-1-7(5)15(8)9(16)3-6-4-12-14-13-6/h4-5,7-8H,1-3H2,(H2,11,17)(H,12,13,14). The zero-order chi connectivity index (χ0) is 12.0. The summed E-state index contributed by atoms with van der Waals surface area (Å²) in [4.78, 5) is 25.0. The molecular weight excluding hydrogens is 222 g/mol.